The van der Waals surface area contributed by atoms with Crippen molar-refractivity contribution in [2.45, 2.75) is 38.6 Å². The van der Waals surface area contributed by atoms with Crippen molar-refractivity contribution in [2.24, 2.45) is 5.92 Å². The van der Waals surface area contributed by atoms with Crippen molar-refractivity contribution in [1.82, 2.24) is 10.2 Å². The summed E-state index contributed by atoms with van der Waals surface area (Å²) in [6, 6.07) is 20.5. The molecule has 0 aliphatic heterocycles. The molecule has 3 aromatic rings. The molecular weight excluding hydrogens is 530 g/mol. The number of thioether (sulfide) groups is 1. The zero-order valence-corrected chi connectivity index (χ0v) is 23.3. The molecule has 1 N–H and O–H groups in total. The summed E-state index contributed by atoms with van der Waals surface area (Å²) in [5.74, 6) is -0.0723. The van der Waals surface area contributed by atoms with Gasteiger partial charge in [-0.3, -0.25) is 9.59 Å². The number of rotatable bonds is 12. The highest BCUT2D eigenvalue weighted by atomic mass is 35.5. The first-order valence-electron chi connectivity index (χ1n) is 12.1. The quantitative estimate of drug-likeness (QED) is 0.265. The molecule has 0 bridgehead atoms. The van der Waals surface area contributed by atoms with Gasteiger partial charge in [0.2, 0.25) is 11.8 Å². The van der Waals surface area contributed by atoms with Crippen LogP contribution in [0, 0.1) is 11.7 Å². The van der Waals surface area contributed by atoms with Crippen LogP contribution in [0.3, 0.4) is 0 Å². The van der Waals surface area contributed by atoms with E-state index in [-0.39, 0.29) is 35.8 Å². The lowest BCUT2D eigenvalue weighted by Gasteiger charge is -2.32. The number of carbonyl (C=O) groups excluding carboxylic acids is 2. The summed E-state index contributed by atoms with van der Waals surface area (Å²) in [5.41, 5.74) is 2.16. The van der Waals surface area contributed by atoms with Crippen LogP contribution >= 0.6 is 35.0 Å². The van der Waals surface area contributed by atoms with Gasteiger partial charge in [-0.15, -0.1) is 11.8 Å². The molecular formula is C29H31Cl2FN2O2S. The topological polar surface area (TPSA) is 49.4 Å². The number of carbonyl (C=O) groups is 2. The van der Waals surface area contributed by atoms with Gasteiger partial charge >= 0.3 is 0 Å². The molecule has 0 saturated heterocycles. The fourth-order valence-corrected chi connectivity index (χ4v) is 5.12. The largest absolute Gasteiger partial charge is 0.354 e. The second-order valence-electron chi connectivity index (χ2n) is 9.19. The number of amides is 2. The molecule has 0 heterocycles. The van der Waals surface area contributed by atoms with Gasteiger partial charge in [0.15, 0.2) is 0 Å². The van der Waals surface area contributed by atoms with Crippen LogP contribution in [0.2, 0.25) is 10.0 Å². The smallest absolute Gasteiger partial charge is 0.243 e. The van der Waals surface area contributed by atoms with Gasteiger partial charge in [-0.25, -0.2) is 4.39 Å². The predicted octanol–water partition coefficient (Wildman–Crippen LogP) is 6.78. The van der Waals surface area contributed by atoms with Crippen LogP contribution in [0.4, 0.5) is 4.39 Å². The van der Waals surface area contributed by atoms with Crippen LogP contribution in [0.25, 0.3) is 0 Å². The maximum absolute atomic E-state index is 14.1. The lowest BCUT2D eigenvalue weighted by molar-refractivity contribution is -0.139. The van der Waals surface area contributed by atoms with Gasteiger partial charge in [-0.2, -0.15) is 0 Å². The maximum atomic E-state index is 14.1. The Morgan fingerprint density at radius 1 is 0.973 bits per heavy atom. The van der Waals surface area contributed by atoms with Gasteiger partial charge < -0.3 is 10.2 Å². The van der Waals surface area contributed by atoms with E-state index in [1.54, 1.807) is 41.3 Å². The molecule has 0 fully saturated rings. The first kappa shape index (κ1) is 29.0. The highest BCUT2D eigenvalue weighted by molar-refractivity contribution is 7.99. The van der Waals surface area contributed by atoms with Gasteiger partial charge in [0.1, 0.15) is 11.9 Å². The zero-order valence-electron chi connectivity index (χ0n) is 20.9. The molecule has 1 atom stereocenters. The SMILES string of the molecule is CC(C)CNC(=O)[C@@H](Cc1ccccc1)N(Cc1ccc(Cl)cc1Cl)C(=O)CSCc1ccccc1F. The molecule has 4 nitrogen and oxygen atoms in total. The molecule has 0 aliphatic rings. The van der Waals surface area contributed by atoms with Crippen molar-refractivity contribution in [1.29, 1.82) is 0 Å². The molecule has 2 amide bonds. The maximum Gasteiger partial charge on any atom is 0.243 e. The van der Waals surface area contributed by atoms with E-state index in [9.17, 15) is 14.0 Å². The molecule has 3 rings (SSSR count). The van der Waals surface area contributed by atoms with Crippen molar-refractivity contribution >= 4 is 46.8 Å². The Balaban J connectivity index is 1.88. The second kappa shape index (κ2) is 14.4. The van der Waals surface area contributed by atoms with E-state index in [2.05, 4.69) is 5.32 Å². The third-order valence-corrected chi connectivity index (χ3v) is 7.31. The Bertz CT molecular complexity index is 1190. The minimum Gasteiger partial charge on any atom is -0.354 e. The summed E-state index contributed by atoms with van der Waals surface area (Å²) in [6.07, 6.45) is 0.347. The molecule has 0 aliphatic carbocycles. The van der Waals surface area contributed by atoms with E-state index < -0.39 is 6.04 Å². The molecule has 8 heteroatoms. The highest BCUT2D eigenvalue weighted by Gasteiger charge is 2.30. The van der Waals surface area contributed by atoms with E-state index in [1.165, 1.54) is 17.8 Å². The van der Waals surface area contributed by atoms with Gasteiger partial charge in [0.05, 0.1) is 5.75 Å². The molecule has 0 spiro atoms. The average molecular weight is 562 g/mol. The van der Waals surface area contributed by atoms with Crippen molar-refractivity contribution in [3.63, 3.8) is 0 Å². The molecule has 0 radical (unpaired) electrons. The van der Waals surface area contributed by atoms with Crippen LogP contribution < -0.4 is 5.32 Å². The molecule has 0 unspecified atom stereocenters. The van der Waals surface area contributed by atoms with Crippen LogP contribution in [0.15, 0.2) is 72.8 Å². The van der Waals surface area contributed by atoms with Crippen molar-refractivity contribution in [3.05, 3.63) is 105 Å². The molecule has 37 heavy (non-hydrogen) atoms. The van der Waals surface area contributed by atoms with E-state index in [0.717, 1.165) is 5.56 Å². The minimum absolute atomic E-state index is 0.0856. The lowest BCUT2D eigenvalue weighted by atomic mass is 10.0. The van der Waals surface area contributed by atoms with E-state index in [1.807, 2.05) is 44.2 Å². The van der Waals surface area contributed by atoms with Gasteiger partial charge in [-0.05, 0) is 40.8 Å². The van der Waals surface area contributed by atoms with E-state index in [0.29, 0.717) is 39.9 Å². The summed E-state index contributed by atoms with van der Waals surface area (Å²) in [4.78, 5) is 28.7. The number of halogens is 3. The van der Waals surface area contributed by atoms with E-state index in [4.69, 9.17) is 23.2 Å². The van der Waals surface area contributed by atoms with Crippen LogP contribution in [-0.2, 0) is 28.3 Å². The summed E-state index contributed by atoms with van der Waals surface area (Å²) in [5, 5.41) is 3.90. The Morgan fingerprint density at radius 2 is 1.68 bits per heavy atom. The van der Waals surface area contributed by atoms with Crippen LogP contribution in [0.5, 0.6) is 0 Å². The Hall–Kier alpha value is -2.54. The van der Waals surface area contributed by atoms with Crippen LogP contribution in [-0.4, -0.2) is 35.1 Å². The third kappa shape index (κ3) is 9.06. The zero-order chi connectivity index (χ0) is 26.8. The summed E-state index contributed by atoms with van der Waals surface area (Å²) in [7, 11) is 0. The van der Waals surface area contributed by atoms with Gasteiger partial charge in [-0.1, -0.05) is 91.6 Å². The number of nitrogens with one attached hydrogen (secondary N) is 1. The predicted molar refractivity (Wildman–Crippen MR) is 151 cm³/mol. The number of nitrogens with zero attached hydrogens (tertiary/aromatic N) is 1. The fraction of sp³-hybridized carbons (Fsp3) is 0.310. The first-order valence-corrected chi connectivity index (χ1v) is 14.0. The number of hydrogen-bond donors (Lipinski definition) is 1. The average Bonchev–Trinajstić information content (AvgIpc) is 2.87. The summed E-state index contributed by atoms with van der Waals surface area (Å²) < 4.78 is 14.1. The van der Waals surface area contributed by atoms with Gasteiger partial charge in [0, 0.05) is 35.3 Å². The number of benzene rings is 3. The summed E-state index contributed by atoms with van der Waals surface area (Å²) >= 11 is 13.9. The first-order chi connectivity index (χ1) is 17.7. The molecule has 196 valence electrons. The Labute approximate surface area is 232 Å². The van der Waals surface area contributed by atoms with Gasteiger partial charge in [0.25, 0.3) is 0 Å². The third-order valence-electron chi connectivity index (χ3n) is 5.75. The fourth-order valence-electron chi connectivity index (χ4n) is 3.76. The number of hydrogen-bond acceptors (Lipinski definition) is 3. The van der Waals surface area contributed by atoms with Crippen molar-refractivity contribution in [3.8, 4) is 0 Å². The molecule has 3 aromatic carbocycles. The molecule has 0 saturated carbocycles. The molecule has 0 aromatic heterocycles. The van der Waals surface area contributed by atoms with E-state index >= 15 is 0 Å². The van der Waals surface area contributed by atoms with Crippen molar-refractivity contribution in [2.75, 3.05) is 12.3 Å². The Kier molecular flexibility index (Phi) is 11.3. The standard InChI is InChI=1S/C29H31Cl2FN2O2S/c1-20(2)16-33-29(36)27(14-21-8-4-3-5-9-21)34(17-22-12-13-24(30)15-25(22)31)28(35)19-37-18-23-10-6-7-11-26(23)32/h3-13,15,20,27H,14,16-19H2,1-2H3,(H,33,36)/t27-/m1/s1. The second-order valence-corrected chi connectivity index (χ2v) is 11.0. The monoisotopic (exact) mass is 560 g/mol. The summed E-state index contributed by atoms with van der Waals surface area (Å²) in [6.45, 7) is 4.67. The van der Waals surface area contributed by atoms with Crippen LogP contribution in [0.1, 0.15) is 30.5 Å². The highest BCUT2D eigenvalue weighted by Crippen LogP contribution is 2.25. The normalized spacial score (nSPS) is 11.8. The minimum atomic E-state index is -0.755. The Morgan fingerprint density at radius 3 is 2.35 bits per heavy atom. The lowest BCUT2D eigenvalue weighted by Crippen LogP contribution is -2.51. The van der Waals surface area contributed by atoms with Crippen molar-refractivity contribution < 1.29 is 14.0 Å².